The summed E-state index contributed by atoms with van der Waals surface area (Å²) in [6.45, 7) is 0. The molecule has 0 unspecified atom stereocenters. The van der Waals surface area contributed by atoms with E-state index in [9.17, 15) is 5.11 Å². The maximum absolute atomic E-state index is 12.0. The van der Waals surface area contributed by atoms with Gasteiger partial charge in [0.15, 0.2) is 0 Å². The van der Waals surface area contributed by atoms with Crippen molar-refractivity contribution in [2.24, 2.45) is 0 Å². The first-order valence-corrected chi connectivity index (χ1v) is 5.56. The van der Waals surface area contributed by atoms with Crippen LogP contribution in [0.4, 0.5) is 0 Å². The van der Waals surface area contributed by atoms with Gasteiger partial charge >= 0.3 is 0 Å². The summed E-state index contributed by atoms with van der Waals surface area (Å²) in [5.41, 5.74) is 1.76. The van der Waals surface area contributed by atoms with E-state index in [0.717, 1.165) is 5.56 Å². The summed E-state index contributed by atoms with van der Waals surface area (Å²) in [7, 11) is 0. The van der Waals surface area contributed by atoms with Gasteiger partial charge in [-0.3, -0.25) is 0 Å². The average molecular weight is 223 g/mol. The van der Waals surface area contributed by atoms with Gasteiger partial charge in [-0.25, -0.2) is 0 Å². The molecule has 1 aromatic heterocycles. The van der Waals surface area contributed by atoms with E-state index in [4.69, 9.17) is 4.42 Å². The number of benzene rings is 2. The Morgan fingerprint density at radius 3 is 2.35 bits per heavy atom. The fourth-order valence-electron chi connectivity index (χ4n) is 1.97. The Bertz CT molecular complexity index is 638. The fraction of sp³-hybridized carbons (Fsp3) is 0.0667. The Balaban J connectivity index is 2.04. The van der Waals surface area contributed by atoms with Crippen LogP contribution in [0.1, 0.15) is 11.3 Å². The van der Waals surface area contributed by atoms with Gasteiger partial charge in [0, 0.05) is 11.8 Å². The van der Waals surface area contributed by atoms with Crippen LogP contribution in [0.25, 0.3) is 11.0 Å². The van der Waals surface area contributed by atoms with E-state index < -0.39 is 0 Å². The van der Waals surface area contributed by atoms with Gasteiger partial charge in [-0.2, -0.15) is 0 Å². The molecule has 0 bridgehead atoms. The standard InChI is InChI=1S/C15H12O2/c16-15-12-8-4-5-9-13(12)17-14(15)10-11-6-2-1-3-7-11/h1-9,16H,10H2/p-1. The Labute approximate surface area is 99.1 Å². The third-order valence-corrected chi connectivity index (χ3v) is 2.83. The van der Waals surface area contributed by atoms with E-state index >= 15 is 0 Å². The van der Waals surface area contributed by atoms with Gasteiger partial charge < -0.3 is 9.52 Å². The second kappa shape index (κ2) is 3.98. The summed E-state index contributed by atoms with van der Waals surface area (Å²) in [6, 6.07) is 17.2. The minimum Gasteiger partial charge on any atom is -0.870 e. The van der Waals surface area contributed by atoms with Gasteiger partial charge in [-0.05, 0) is 11.6 Å². The molecule has 0 saturated carbocycles. The van der Waals surface area contributed by atoms with Crippen molar-refractivity contribution in [3.05, 3.63) is 65.9 Å². The largest absolute Gasteiger partial charge is 0.870 e. The molecule has 84 valence electrons. The molecule has 3 rings (SSSR count). The van der Waals surface area contributed by atoms with E-state index in [1.807, 2.05) is 48.5 Å². The molecule has 0 aliphatic rings. The maximum atomic E-state index is 12.0. The Morgan fingerprint density at radius 2 is 1.59 bits per heavy atom. The van der Waals surface area contributed by atoms with Gasteiger partial charge in [0.2, 0.25) is 0 Å². The van der Waals surface area contributed by atoms with Crippen molar-refractivity contribution in [3.63, 3.8) is 0 Å². The smallest absolute Gasteiger partial charge is 0.133 e. The third kappa shape index (κ3) is 1.78. The molecule has 2 aromatic carbocycles. The van der Waals surface area contributed by atoms with Crippen LogP contribution in [0.2, 0.25) is 0 Å². The molecule has 0 radical (unpaired) electrons. The molecule has 3 aromatic rings. The monoisotopic (exact) mass is 223 g/mol. The number of hydrogen-bond donors (Lipinski definition) is 0. The molecule has 0 atom stereocenters. The van der Waals surface area contributed by atoms with Crippen LogP contribution >= 0.6 is 0 Å². The second-order valence-corrected chi connectivity index (χ2v) is 4.01. The van der Waals surface area contributed by atoms with Crippen LogP contribution in [0.5, 0.6) is 5.75 Å². The third-order valence-electron chi connectivity index (χ3n) is 2.83. The van der Waals surface area contributed by atoms with E-state index in [-0.39, 0.29) is 5.75 Å². The molecule has 0 saturated heterocycles. The molecule has 0 aliphatic carbocycles. The molecule has 0 amide bonds. The Morgan fingerprint density at radius 1 is 0.882 bits per heavy atom. The van der Waals surface area contributed by atoms with Crippen molar-refractivity contribution in [2.75, 3.05) is 0 Å². The lowest BCUT2D eigenvalue weighted by Gasteiger charge is -2.05. The lowest BCUT2D eigenvalue weighted by Crippen LogP contribution is -1.94. The highest BCUT2D eigenvalue weighted by atomic mass is 16.4. The molecule has 0 spiro atoms. The first kappa shape index (κ1) is 9.97. The second-order valence-electron chi connectivity index (χ2n) is 4.01. The van der Waals surface area contributed by atoms with Gasteiger partial charge in [0.05, 0.1) is 0 Å². The zero-order valence-electron chi connectivity index (χ0n) is 9.22. The molecule has 2 heteroatoms. The first-order valence-electron chi connectivity index (χ1n) is 5.56. The van der Waals surface area contributed by atoms with Crippen LogP contribution in [0.3, 0.4) is 0 Å². The number of rotatable bonds is 2. The molecule has 0 fully saturated rings. The van der Waals surface area contributed by atoms with Crippen LogP contribution in [-0.4, -0.2) is 0 Å². The highest BCUT2D eigenvalue weighted by Gasteiger charge is 2.06. The van der Waals surface area contributed by atoms with Crippen LogP contribution in [0.15, 0.2) is 59.0 Å². The quantitative estimate of drug-likeness (QED) is 0.669. The normalized spacial score (nSPS) is 10.8. The molecule has 2 nitrogen and oxygen atoms in total. The predicted molar refractivity (Wildman–Crippen MR) is 64.9 cm³/mol. The minimum atomic E-state index is 0.00412. The van der Waals surface area contributed by atoms with Crippen molar-refractivity contribution in [2.45, 2.75) is 6.42 Å². The summed E-state index contributed by atoms with van der Waals surface area (Å²) in [6.07, 6.45) is 0.550. The van der Waals surface area contributed by atoms with E-state index in [1.165, 1.54) is 0 Å². The van der Waals surface area contributed by atoms with Gasteiger partial charge in [-0.1, -0.05) is 54.3 Å². The van der Waals surface area contributed by atoms with Crippen molar-refractivity contribution < 1.29 is 9.52 Å². The maximum Gasteiger partial charge on any atom is 0.133 e. The van der Waals surface area contributed by atoms with Crippen molar-refractivity contribution >= 4 is 11.0 Å². The number of furan rings is 1. The van der Waals surface area contributed by atoms with E-state index in [2.05, 4.69) is 0 Å². The zero-order valence-corrected chi connectivity index (χ0v) is 9.22. The van der Waals surface area contributed by atoms with Crippen LogP contribution in [-0.2, 0) is 6.42 Å². The van der Waals surface area contributed by atoms with Gasteiger partial charge in [0.1, 0.15) is 11.3 Å². The summed E-state index contributed by atoms with van der Waals surface area (Å²) in [5.74, 6) is 0.516. The Kier molecular flexibility index (Phi) is 2.33. The summed E-state index contributed by atoms with van der Waals surface area (Å²) < 4.78 is 5.59. The summed E-state index contributed by atoms with van der Waals surface area (Å²) in [5, 5.41) is 12.7. The summed E-state index contributed by atoms with van der Waals surface area (Å²) in [4.78, 5) is 0. The Hall–Kier alpha value is -2.22. The molecular weight excluding hydrogens is 212 g/mol. The predicted octanol–water partition coefficient (Wildman–Crippen LogP) is 3.10. The average Bonchev–Trinajstić information content (AvgIpc) is 2.68. The minimum absolute atomic E-state index is 0.00412. The lowest BCUT2D eigenvalue weighted by molar-refractivity contribution is -0.267. The highest BCUT2D eigenvalue weighted by Crippen LogP contribution is 2.30. The SMILES string of the molecule is [O-]c1c(Cc2ccccc2)oc2ccccc12. The fourth-order valence-corrected chi connectivity index (χ4v) is 1.97. The van der Waals surface area contributed by atoms with Crippen LogP contribution < -0.4 is 5.11 Å². The van der Waals surface area contributed by atoms with Gasteiger partial charge in [-0.15, -0.1) is 0 Å². The van der Waals surface area contributed by atoms with Crippen molar-refractivity contribution in [3.8, 4) is 5.75 Å². The number of para-hydroxylation sites is 1. The van der Waals surface area contributed by atoms with E-state index in [1.54, 1.807) is 6.07 Å². The number of hydrogen-bond acceptors (Lipinski definition) is 2. The molecule has 17 heavy (non-hydrogen) atoms. The molecule has 0 aliphatic heterocycles. The lowest BCUT2D eigenvalue weighted by atomic mass is 10.1. The molecule has 1 heterocycles. The number of fused-ring (bicyclic) bond motifs is 1. The van der Waals surface area contributed by atoms with Crippen molar-refractivity contribution in [1.29, 1.82) is 0 Å². The van der Waals surface area contributed by atoms with E-state index in [0.29, 0.717) is 23.2 Å². The van der Waals surface area contributed by atoms with Crippen LogP contribution in [0, 0.1) is 0 Å². The first-order chi connectivity index (χ1) is 8.34. The molecule has 0 N–H and O–H groups in total. The molecular formula is C15H11O2-. The highest BCUT2D eigenvalue weighted by molar-refractivity contribution is 5.84. The summed E-state index contributed by atoms with van der Waals surface area (Å²) >= 11 is 0. The topological polar surface area (TPSA) is 36.2 Å². The van der Waals surface area contributed by atoms with Gasteiger partial charge in [0.25, 0.3) is 0 Å². The van der Waals surface area contributed by atoms with Crippen molar-refractivity contribution in [1.82, 2.24) is 0 Å². The zero-order chi connectivity index (χ0) is 11.7.